The van der Waals surface area contributed by atoms with Crippen LogP contribution in [0.4, 0.5) is 5.95 Å². The maximum absolute atomic E-state index is 5.88. The van der Waals surface area contributed by atoms with Crippen molar-refractivity contribution in [1.29, 1.82) is 0 Å². The van der Waals surface area contributed by atoms with Gasteiger partial charge in [0.1, 0.15) is 6.61 Å². The summed E-state index contributed by atoms with van der Waals surface area (Å²) in [5, 5.41) is 17.3. The molecule has 0 saturated heterocycles. The van der Waals surface area contributed by atoms with E-state index >= 15 is 0 Å². The first-order valence-corrected chi connectivity index (χ1v) is 7.81. The molecule has 2 N–H and O–H groups in total. The Morgan fingerprint density at radius 3 is 2.76 bits per heavy atom. The van der Waals surface area contributed by atoms with Gasteiger partial charge in [-0.3, -0.25) is 0 Å². The SMILES string of the molecule is CCOc1cc(/C=N\Nc2nn[nH]n2)ccc1OCc1ccccc1. The van der Waals surface area contributed by atoms with E-state index in [9.17, 15) is 0 Å². The summed E-state index contributed by atoms with van der Waals surface area (Å²) in [6.07, 6.45) is 1.64. The van der Waals surface area contributed by atoms with Crippen LogP contribution < -0.4 is 14.9 Å². The van der Waals surface area contributed by atoms with Crippen molar-refractivity contribution in [2.45, 2.75) is 13.5 Å². The van der Waals surface area contributed by atoms with Crippen LogP contribution in [0.5, 0.6) is 11.5 Å². The minimum Gasteiger partial charge on any atom is -0.490 e. The van der Waals surface area contributed by atoms with Crippen LogP contribution in [-0.4, -0.2) is 33.4 Å². The van der Waals surface area contributed by atoms with Gasteiger partial charge in [-0.05, 0) is 41.5 Å². The highest BCUT2D eigenvalue weighted by Crippen LogP contribution is 2.28. The number of hydrazone groups is 1. The third-order valence-corrected chi connectivity index (χ3v) is 3.23. The lowest BCUT2D eigenvalue weighted by Crippen LogP contribution is -2.00. The van der Waals surface area contributed by atoms with E-state index in [0.717, 1.165) is 11.1 Å². The molecular weight excluding hydrogens is 320 g/mol. The molecule has 3 rings (SSSR count). The van der Waals surface area contributed by atoms with E-state index in [0.29, 0.717) is 30.7 Å². The van der Waals surface area contributed by atoms with Crippen LogP contribution in [0.1, 0.15) is 18.1 Å². The fraction of sp³-hybridized carbons (Fsp3) is 0.176. The molecule has 2 aromatic carbocycles. The molecule has 0 spiro atoms. The minimum atomic E-state index is 0.295. The minimum absolute atomic E-state index is 0.295. The van der Waals surface area contributed by atoms with Crippen molar-refractivity contribution in [2.75, 3.05) is 12.0 Å². The molecule has 1 aromatic heterocycles. The van der Waals surface area contributed by atoms with E-state index in [-0.39, 0.29) is 0 Å². The van der Waals surface area contributed by atoms with Crippen LogP contribution in [0.2, 0.25) is 0 Å². The Balaban J connectivity index is 1.67. The summed E-state index contributed by atoms with van der Waals surface area (Å²) in [6, 6.07) is 15.6. The molecule has 0 radical (unpaired) electrons. The lowest BCUT2D eigenvalue weighted by Gasteiger charge is -2.12. The van der Waals surface area contributed by atoms with Crippen molar-refractivity contribution >= 4 is 12.2 Å². The zero-order chi connectivity index (χ0) is 17.3. The fourth-order valence-corrected chi connectivity index (χ4v) is 2.10. The van der Waals surface area contributed by atoms with Gasteiger partial charge < -0.3 is 9.47 Å². The van der Waals surface area contributed by atoms with Gasteiger partial charge in [0, 0.05) is 0 Å². The second-order valence-corrected chi connectivity index (χ2v) is 5.02. The van der Waals surface area contributed by atoms with Crippen LogP contribution in [0.25, 0.3) is 0 Å². The summed E-state index contributed by atoms with van der Waals surface area (Å²) in [5.74, 6) is 1.65. The van der Waals surface area contributed by atoms with Crippen LogP contribution in [-0.2, 0) is 6.61 Å². The Labute approximate surface area is 144 Å². The number of benzene rings is 2. The first-order valence-electron chi connectivity index (χ1n) is 7.81. The summed E-state index contributed by atoms with van der Waals surface area (Å²) in [6.45, 7) is 2.96. The van der Waals surface area contributed by atoms with Crippen LogP contribution in [0, 0.1) is 0 Å². The molecule has 8 heteroatoms. The summed E-state index contributed by atoms with van der Waals surface area (Å²) in [5.41, 5.74) is 4.62. The molecule has 0 unspecified atom stereocenters. The number of aromatic nitrogens is 4. The summed E-state index contributed by atoms with van der Waals surface area (Å²) < 4.78 is 11.5. The first-order chi connectivity index (χ1) is 12.3. The van der Waals surface area contributed by atoms with E-state index in [1.54, 1.807) is 6.21 Å². The normalized spacial score (nSPS) is 10.8. The highest BCUT2D eigenvalue weighted by Gasteiger charge is 2.06. The lowest BCUT2D eigenvalue weighted by atomic mass is 10.2. The molecule has 0 saturated carbocycles. The molecule has 25 heavy (non-hydrogen) atoms. The maximum atomic E-state index is 5.88. The van der Waals surface area contributed by atoms with Crippen LogP contribution in [0.3, 0.4) is 0 Å². The van der Waals surface area contributed by atoms with Crippen LogP contribution in [0.15, 0.2) is 53.6 Å². The van der Waals surface area contributed by atoms with E-state index in [4.69, 9.17) is 9.47 Å². The Morgan fingerprint density at radius 2 is 2.00 bits per heavy atom. The largest absolute Gasteiger partial charge is 0.490 e. The predicted octanol–water partition coefficient (Wildman–Crippen LogP) is 2.62. The highest BCUT2D eigenvalue weighted by molar-refractivity contribution is 5.81. The molecule has 1 heterocycles. The predicted molar refractivity (Wildman–Crippen MR) is 93.8 cm³/mol. The molecule has 0 amide bonds. The number of H-pyrrole nitrogens is 1. The smallest absolute Gasteiger partial charge is 0.283 e. The van der Waals surface area contributed by atoms with Crippen molar-refractivity contribution in [3.05, 3.63) is 59.7 Å². The monoisotopic (exact) mass is 338 g/mol. The number of anilines is 1. The van der Waals surface area contributed by atoms with Gasteiger partial charge in [-0.15, -0.1) is 5.10 Å². The zero-order valence-corrected chi connectivity index (χ0v) is 13.7. The average molecular weight is 338 g/mol. The van der Waals surface area contributed by atoms with Crippen molar-refractivity contribution < 1.29 is 9.47 Å². The van der Waals surface area contributed by atoms with E-state index in [2.05, 4.69) is 31.2 Å². The first kappa shape index (κ1) is 16.4. The second kappa shape index (κ2) is 8.44. The van der Waals surface area contributed by atoms with Gasteiger partial charge in [-0.25, -0.2) is 5.43 Å². The standard InChI is InChI=1S/C17H18N6O2/c1-2-24-16-10-14(11-18-19-17-20-22-23-21-17)8-9-15(16)25-12-13-6-4-3-5-7-13/h3-11H,2,12H2,1H3,(H2,19,20,21,22,23)/b18-11-. The summed E-state index contributed by atoms with van der Waals surface area (Å²) in [4.78, 5) is 0. The Kier molecular flexibility index (Phi) is 5.55. The molecule has 0 aliphatic carbocycles. The van der Waals surface area contributed by atoms with E-state index in [1.165, 1.54) is 0 Å². The van der Waals surface area contributed by atoms with Gasteiger partial charge in [0.05, 0.1) is 12.8 Å². The maximum Gasteiger partial charge on any atom is 0.283 e. The molecule has 0 aliphatic heterocycles. The van der Waals surface area contributed by atoms with Gasteiger partial charge in [-0.2, -0.15) is 10.3 Å². The van der Waals surface area contributed by atoms with E-state index in [1.807, 2.05) is 55.5 Å². The number of aromatic amines is 1. The molecule has 0 bridgehead atoms. The lowest BCUT2D eigenvalue weighted by molar-refractivity contribution is 0.269. The summed E-state index contributed by atoms with van der Waals surface area (Å²) in [7, 11) is 0. The van der Waals surface area contributed by atoms with Gasteiger partial charge in [0.25, 0.3) is 5.95 Å². The number of hydrogen-bond donors (Lipinski definition) is 2. The number of nitrogens with one attached hydrogen (secondary N) is 2. The topological polar surface area (TPSA) is 97.3 Å². The molecule has 0 atom stereocenters. The number of tetrazole rings is 1. The molecule has 3 aromatic rings. The number of nitrogens with zero attached hydrogens (tertiary/aromatic N) is 4. The van der Waals surface area contributed by atoms with Gasteiger partial charge in [-0.1, -0.05) is 35.4 Å². The quantitative estimate of drug-likeness (QED) is 0.484. The number of hydrogen-bond acceptors (Lipinski definition) is 7. The Morgan fingerprint density at radius 1 is 1.12 bits per heavy atom. The summed E-state index contributed by atoms with van der Waals surface area (Å²) >= 11 is 0. The Hall–Kier alpha value is -3.42. The number of rotatable bonds is 8. The van der Waals surface area contributed by atoms with E-state index < -0.39 is 0 Å². The van der Waals surface area contributed by atoms with Gasteiger partial charge in [0.15, 0.2) is 11.5 Å². The third kappa shape index (κ3) is 4.77. The van der Waals surface area contributed by atoms with Crippen molar-refractivity contribution in [2.24, 2.45) is 5.10 Å². The molecule has 0 aliphatic rings. The third-order valence-electron chi connectivity index (χ3n) is 3.23. The van der Waals surface area contributed by atoms with Gasteiger partial charge in [0.2, 0.25) is 0 Å². The number of ether oxygens (including phenoxy) is 2. The van der Waals surface area contributed by atoms with Crippen molar-refractivity contribution in [3.8, 4) is 11.5 Å². The fourth-order valence-electron chi connectivity index (χ4n) is 2.10. The molecular formula is C17H18N6O2. The highest BCUT2D eigenvalue weighted by atomic mass is 16.5. The second-order valence-electron chi connectivity index (χ2n) is 5.02. The van der Waals surface area contributed by atoms with Gasteiger partial charge >= 0.3 is 0 Å². The molecule has 0 fully saturated rings. The van der Waals surface area contributed by atoms with Crippen molar-refractivity contribution in [3.63, 3.8) is 0 Å². The average Bonchev–Trinajstić information content (AvgIpc) is 3.16. The van der Waals surface area contributed by atoms with Crippen LogP contribution >= 0.6 is 0 Å². The molecule has 128 valence electrons. The Bertz CT molecular complexity index is 805. The van der Waals surface area contributed by atoms with Crippen molar-refractivity contribution in [1.82, 2.24) is 20.6 Å². The zero-order valence-electron chi connectivity index (χ0n) is 13.7. The molecule has 8 nitrogen and oxygen atoms in total.